The van der Waals surface area contributed by atoms with E-state index < -0.39 is 0 Å². The standard InChI is InChI=1S/C25H30NO2S/c1-24(2,3)27-19-7-11-21(12-8-19)29(23-15-17-26-18-16-23)22-13-9-20(10-14-22)28-25(4,5)6/h7-18H,1-6H3/q+1. The molecular weight excluding hydrogens is 378 g/mol. The van der Waals surface area contributed by atoms with E-state index in [2.05, 4.69) is 107 Å². The molecule has 3 rings (SSSR count). The van der Waals surface area contributed by atoms with Gasteiger partial charge in [-0.15, -0.1) is 0 Å². The molecule has 0 saturated carbocycles. The average Bonchev–Trinajstić information content (AvgIpc) is 2.63. The highest BCUT2D eigenvalue weighted by atomic mass is 32.2. The quantitative estimate of drug-likeness (QED) is 0.450. The summed E-state index contributed by atoms with van der Waals surface area (Å²) in [6.45, 7) is 12.4. The maximum atomic E-state index is 5.99. The normalized spacial score (nSPS) is 12.1. The van der Waals surface area contributed by atoms with Crippen LogP contribution in [0.1, 0.15) is 41.5 Å². The first-order valence-electron chi connectivity index (χ1n) is 9.83. The van der Waals surface area contributed by atoms with Crippen LogP contribution in [0.4, 0.5) is 0 Å². The summed E-state index contributed by atoms with van der Waals surface area (Å²) < 4.78 is 12.0. The van der Waals surface area contributed by atoms with E-state index in [1.54, 1.807) is 0 Å². The van der Waals surface area contributed by atoms with Crippen molar-refractivity contribution in [2.24, 2.45) is 0 Å². The van der Waals surface area contributed by atoms with Crippen LogP contribution in [0, 0.1) is 0 Å². The molecule has 0 amide bonds. The lowest BCUT2D eigenvalue weighted by molar-refractivity contribution is 0.130. The topological polar surface area (TPSA) is 31.4 Å². The molecule has 4 heteroatoms. The molecule has 0 unspecified atom stereocenters. The van der Waals surface area contributed by atoms with E-state index in [4.69, 9.17) is 9.47 Å². The lowest BCUT2D eigenvalue weighted by atomic mass is 10.2. The Hall–Kier alpha value is -2.46. The summed E-state index contributed by atoms with van der Waals surface area (Å²) in [5.41, 5.74) is -0.422. The van der Waals surface area contributed by atoms with Crippen LogP contribution in [0.3, 0.4) is 0 Å². The summed E-state index contributed by atoms with van der Waals surface area (Å²) in [4.78, 5) is 7.89. The largest absolute Gasteiger partial charge is 0.488 e. The second-order valence-corrected chi connectivity index (χ2v) is 10.9. The maximum absolute atomic E-state index is 5.99. The molecule has 0 spiro atoms. The van der Waals surface area contributed by atoms with Crippen molar-refractivity contribution in [3.8, 4) is 11.5 Å². The Bertz CT molecular complexity index is 849. The van der Waals surface area contributed by atoms with Gasteiger partial charge in [0.2, 0.25) is 0 Å². The fourth-order valence-electron chi connectivity index (χ4n) is 2.88. The van der Waals surface area contributed by atoms with Crippen molar-refractivity contribution in [3.63, 3.8) is 0 Å². The number of hydrogen-bond acceptors (Lipinski definition) is 3. The summed E-state index contributed by atoms with van der Waals surface area (Å²) in [5, 5.41) is 0. The van der Waals surface area contributed by atoms with Crippen molar-refractivity contribution >= 4 is 10.9 Å². The molecule has 0 bridgehead atoms. The third kappa shape index (κ3) is 6.26. The van der Waals surface area contributed by atoms with E-state index in [1.807, 2.05) is 12.4 Å². The van der Waals surface area contributed by atoms with E-state index >= 15 is 0 Å². The zero-order chi connectivity index (χ0) is 21.1. The van der Waals surface area contributed by atoms with Gasteiger partial charge < -0.3 is 9.47 Å². The van der Waals surface area contributed by atoms with Crippen LogP contribution in [0.2, 0.25) is 0 Å². The van der Waals surface area contributed by atoms with Crippen molar-refractivity contribution in [3.05, 3.63) is 73.1 Å². The average molecular weight is 409 g/mol. The van der Waals surface area contributed by atoms with Gasteiger partial charge in [0.1, 0.15) is 22.7 Å². The molecule has 0 saturated heterocycles. The van der Waals surface area contributed by atoms with Crippen molar-refractivity contribution in [2.45, 2.75) is 67.4 Å². The van der Waals surface area contributed by atoms with Crippen molar-refractivity contribution in [1.82, 2.24) is 4.98 Å². The Morgan fingerprint density at radius 3 is 1.24 bits per heavy atom. The van der Waals surface area contributed by atoms with E-state index in [0.717, 1.165) is 11.5 Å². The van der Waals surface area contributed by atoms with Gasteiger partial charge in [-0.1, -0.05) is 0 Å². The molecule has 0 radical (unpaired) electrons. The summed E-state index contributed by atoms with van der Waals surface area (Å²) in [5.74, 6) is 1.77. The lowest BCUT2D eigenvalue weighted by Crippen LogP contribution is -2.23. The molecule has 3 nitrogen and oxygen atoms in total. The molecule has 0 aliphatic heterocycles. The van der Waals surface area contributed by atoms with E-state index in [1.165, 1.54) is 14.7 Å². The van der Waals surface area contributed by atoms with Crippen LogP contribution in [-0.2, 0) is 10.9 Å². The Morgan fingerprint density at radius 2 is 0.897 bits per heavy atom. The van der Waals surface area contributed by atoms with Gasteiger partial charge in [0.25, 0.3) is 0 Å². The highest BCUT2D eigenvalue weighted by Crippen LogP contribution is 2.33. The van der Waals surface area contributed by atoms with Crippen molar-refractivity contribution in [2.75, 3.05) is 0 Å². The summed E-state index contributed by atoms with van der Waals surface area (Å²) in [7, 11) is -0.229. The Balaban J connectivity index is 1.94. The molecular formula is C25H30NO2S+. The highest BCUT2D eigenvalue weighted by Gasteiger charge is 2.29. The van der Waals surface area contributed by atoms with E-state index in [-0.39, 0.29) is 22.1 Å². The first kappa shape index (κ1) is 21.3. The van der Waals surface area contributed by atoms with Crippen LogP contribution in [0.25, 0.3) is 0 Å². The molecule has 152 valence electrons. The van der Waals surface area contributed by atoms with Crippen LogP contribution >= 0.6 is 0 Å². The molecule has 1 aromatic heterocycles. The van der Waals surface area contributed by atoms with Gasteiger partial charge >= 0.3 is 0 Å². The minimum Gasteiger partial charge on any atom is -0.488 e. The van der Waals surface area contributed by atoms with Crippen LogP contribution < -0.4 is 9.47 Å². The zero-order valence-corrected chi connectivity index (χ0v) is 18.9. The number of benzene rings is 2. The third-order valence-corrected chi connectivity index (χ3v) is 6.08. The Morgan fingerprint density at radius 1 is 0.552 bits per heavy atom. The van der Waals surface area contributed by atoms with Crippen LogP contribution in [0.15, 0.2) is 87.7 Å². The molecule has 0 fully saturated rings. The number of aromatic nitrogens is 1. The number of pyridine rings is 1. The maximum Gasteiger partial charge on any atom is 0.169 e. The second-order valence-electron chi connectivity index (χ2n) is 8.86. The monoisotopic (exact) mass is 408 g/mol. The molecule has 0 aliphatic carbocycles. The van der Waals surface area contributed by atoms with Crippen molar-refractivity contribution in [1.29, 1.82) is 0 Å². The van der Waals surface area contributed by atoms with Crippen LogP contribution in [-0.4, -0.2) is 16.2 Å². The van der Waals surface area contributed by atoms with Gasteiger partial charge in [-0.2, -0.15) is 0 Å². The van der Waals surface area contributed by atoms with E-state index in [0.29, 0.717) is 0 Å². The number of rotatable bonds is 5. The number of nitrogens with zero attached hydrogens (tertiary/aromatic N) is 1. The summed E-state index contributed by atoms with van der Waals surface area (Å²) in [6.07, 6.45) is 3.70. The first-order valence-corrected chi connectivity index (χ1v) is 11.1. The van der Waals surface area contributed by atoms with E-state index in [9.17, 15) is 0 Å². The predicted molar refractivity (Wildman–Crippen MR) is 120 cm³/mol. The first-order chi connectivity index (χ1) is 13.6. The Labute approximate surface area is 177 Å². The Kier molecular flexibility index (Phi) is 6.23. The fourth-order valence-corrected chi connectivity index (χ4v) is 4.90. The minimum atomic E-state index is -0.229. The molecule has 0 N–H and O–H groups in total. The van der Waals surface area contributed by atoms with Gasteiger partial charge in [-0.05, 0) is 90.1 Å². The van der Waals surface area contributed by atoms with Gasteiger partial charge in [-0.25, -0.2) is 0 Å². The summed E-state index contributed by atoms with van der Waals surface area (Å²) >= 11 is 0. The fraction of sp³-hybridized carbons (Fsp3) is 0.320. The van der Waals surface area contributed by atoms with Crippen molar-refractivity contribution < 1.29 is 9.47 Å². The third-order valence-electron chi connectivity index (χ3n) is 3.85. The predicted octanol–water partition coefficient (Wildman–Crippen LogP) is 6.53. The molecule has 1 heterocycles. The highest BCUT2D eigenvalue weighted by molar-refractivity contribution is 7.97. The SMILES string of the molecule is CC(C)(C)Oc1ccc([S+](c2ccncc2)c2ccc(OC(C)(C)C)cc2)cc1. The molecule has 0 atom stereocenters. The van der Waals surface area contributed by atoms with Gasteiger partial charge in [-0.3, -0.25) is 4.98 Å². The second kappa shape index (κ2) is 8.50. The molecule has 2 aromatic carbocycles. The lowest BCUT2D eigenvalue weighted by Gasteiger charge is -2.21. The summed E-state index contributed by atoms with van der Waals surface area (Å²) in [6, 6.07) is 21.0. The van der Waals surface area contributed by atoms with Crippen LogP contribution in [0.5, 0.6) is 11.5 Å². The van der Waals surface area contributed by atoms with Gasteiger partial charge in [0.05, 0.1) is 10.9 Å². The molecule has 29 heavy (non-hydrogen) atoms. The van der Waals surface area contributed by atoms with Gasteiger partial charge in [0, 0.05) is 24.5 Å². The molecule has 0 aliphatic rings. The number of ether oxygens (including phenoxy) is 2. The van der Waals surface area contributed by atoms with Gasteiger partial charge in [0.15, 0.2) is 14.7 Å². The number of hydrogen-bond donors (Lipinski definition) is 0. The zero-order valence-electron chi connectivity index (χ0n) is 18.1. The molecule has 3 aromatic rings. The smallest absolute Gasteiger partial charge is 0.169 e. The minimum absolute atomic E-state index is 0.211.